The number of rotatable bonds is 6. The Balaban J connectivity index is 1.68. The van der Waals surface area contributed by atoms with Crippen molar-refractivity contribution in [2.24, 2.45) is 0 Å². The molecule has 0 aliphatic heterocycles. The predicted molar refractivity (Wildman–Crippen MR) is 108 cm³/mol. The van der Waals surface area contributed by atoms with E-state index in [2.05, 4.69) is 15.6 Å². The molecule has 1 aromatic carbocycles. The van der Waals surface area contributed by atoms with Crippen molar-refractivity contribution >= 4 is 38.9 Å². The first-order valence-corrected chi connectivity index (χ1v) is 10.6. The molecule has 2 amide bonds. The van der Waals surface area contributed by atoms with Crippen LogP contribution in [0.3, 0.4) is 0 Å². The van der Waals surface area contributed by atoms with Gasteiger partial charge in [-0.3, -0.25) is 30.0 Å². The number of para-hydroxylation sites is 1. The number of nitrogens with one attached hydrogen (secondary N) is 3. The van der Waals surface area contributed by atoms with Gasteiger partial charge in [0.15, 0.2) is 0 Å². The molecule has 0 aliphatic carbocycles. The van der Waals surface area contributed by atoms with Gasteiger partial charge in [-0.15, -0.1) is 11.3 Å². The van der Waals surface area contributed by atoms with Crippen molar-refractivity contribution in [1.82, 2.24) is 15.4 Å². The molecule has 0 radical (unpaired) electrons. The van der Waals surface area contributed by atoms with Gasteiger partial charge in [-0.25, -0.2) is 8.42 Å². The van der Waals surface area contributed by atoms with Gasteiger partial charge in [-0.2, -0.15) is 0 Å². The van der Waals surface area contributed by atoms with E-state index in [1.54, 1.807) is 35.7 Å². The number of hydrogen-bond acceptors (Lipinski definition) is 6. The van der Waals surface area contributed by atoms with Crippen LogP contribution >= 0.6 is 11.3 Å². The maximum Gasteiger partial charge on any atom is 0.271 e. The molecule has 0 fully saturated rings. The summed E-state index contributed by atoms with van der Waals surface area (Å²) in [7, 11) is -3.84. The summed E-state index contributed by atoms with van der Waals surface area (Å²) in [6, 6.07) is 13.5. The summed E-state index contributed by atoms with van der Waals surface area (Å²) >= 11 is 1.04. The second-order valence-corrected chi connectivity index (χ2v) is 8.61. The summed E-state index contributed by atoms with van der Waals surface area (Å²) < 4.78 is 28.5. The number of benzene rings is 1. The molecule has 0 saturated carbocycles. The van der Waals surface area contributed by atoms with Crippen molar-refractivity contribution in [2.45, 2.75) is 10.8 Å². The Morgan fingerprint density at radius 2 is 1.72 bits per heavy atom. The minimum atomic E-state index is -3.84. The minimum absolute atomic E-state index is 0.0183. The molecule has 29 heavy (non-hydrogen) atoms. The molecule has 0 spiro atoms. The number of pyridine rings is 1. The van der Waals surface area contributed by atoms with E-state index < -0.39 is 21.8 Å². The van der Waals surface area contributed by atoms with Crippen LogP contribution in [-0.2, 0) is 21.4 Å². The van der Waals surface area contributed by atoms with Crippen LogP contribution in [0.4, 0.5) is 5.69 Å². The maximum absolute atomic E-state index is 12.4. The molecule has 0 bridgehead atoms. The minimum Gasteiger partial charge on any atom is -0.306 e. The van der Waals surface area contributed by atoms with Crippen molar-refractivity contribution in [3.63, 3.8) is 0 Å². The van der Waals surface area contributed by atoms with Gasteiger partial charge in [0.1, 0.15) is 10.8 Å². The third kappa shape index (κ3) is 5.09. The van der Waals surface area contributed by atoms with Crippen LogP contribution in [-0.4, -0.2) is 24.8 Å². The Morgan fingerprint density at radius 1 is 0.966 bits per heavy atom. The van der Waals surface area contributed by atoms with E-state index in [4.69, 9.17) is 0 Å². The van der Waals surface area contributed by atoms with E-state index in [9.17, 15) is 22.8 Å². The normalized spacial score (nSPS) is 10.9. The maximum atomic E-state index is 12.4. The highest BCUT2D eigenvalue weighted by molar-refractivity contribution is 7.94. The van der Waals surface area contributed by atoms with Crippen molar-refractivity contribution in [3.05, 3.63) is 82.1 Å². The molecule has 3 aromatic rings. The van der Waals surface area contributed by atoms with Gasteiger partial charge in [0.2, 0.25) is 0 Å². The molecule has 0 aliphatic rings. The Hall–Kier alpha value is -3.44. The number of thiophene rings is 1. The zero-order valence-corrected chi connectivity index (χ0v) is 16.5. The average molecular weight is 432 g/mol. The fraction of sp³-hybridized carbons (Fsp3) is 0.0556. The summed E-state index contributed by atoms with van der Waals surface area (Å²) in [4.78, 5) is 36.0. The number of hydrazine groups is 1. The Labute approximate surface area is 170 Å². The van der Waals surface area contributed by atoms with Crippen molar-refractivity contribution in [3.8, 4) is 0 Å². The van der Waals surface area contributed by atoms with Gasteiger partial charge in [-0.05, 0) is 29.6 Å². The van der Waals surface area contributed by atoms with Crippen LogP contribution in [0.25, 0.3) is 0 Å². The van der Waals surface area contributed by atoms with Gasteiger partial charge in [0.25, 0.3) is 27.4 Å². The van der Waals surface area contributed by atoms with Crippen LogP contribution in [0.2, 0.25) is 0 Å². The number of carbonyl (C=O) groups excluding carboxylic acids is 2. The summed E-state index contributed by atoms with van der Waals surface area (Å²) in [6.45, 7) is -0.285. The number of nitrogens with zero attached hydrogens (tertiary/aromatic N) is 1. The number of sulfonamides is 1. The van der Waals surface area contributed by atoms with Crippen LogP contribution in [0, 0.1) is 0 Å². The first-order valence-electron chi connectivity index (χ1n) is 8.27. The van der Waals surface area contributed by atoms with Crippen molar-refractivity contribution < 1.29 is 18.0 Å². The fourth-order valence-electron chi connectivity index (χ4n) is 2.36. The Bertz CT molecular complexity index is 1190. The number of carbonyl (C=O) groups is 2. The van der Waals surface area contributed by atoms with E-state index in [0.717, 1.165) is 11.3 Å². The van der Waals surface area contributed by atoms with Crippen molar-refractivity contribution in [1.29, 1.82) is 0 Å². The number of anilines is 1. The molecule has 3 rings (SSSR count). The second-order valence-electron chi connectivity index (χ2n) is 5.75. The molecular weight excluding hydrogens is 416 g/mol. The van der Waals surface area contributed by atoms with Crippen LogP contribution < -0.4 is 21.1 Å². The average Bonchev–Trinajstić information content (AvgIpc) is 3.24. The Morgan fingerprint density at radius 3 is 2.45 bits per heavy atom. The first kappa shape index (κ1) is 20.3. The van der Waals surface area contributed by atoms with Crippen LogP contribution in [0.5, 0.6) is 0 Å². The first-order chi connectivity index (χ1) is 13.9. The SMILES string of the molecule is O=C(Cn1ccccc1=O)NNC(=O)c1ccccc1NS(=O)(=O)c1cccs1. The number of aromatic nitrogens is 1. The highest BCUT2D eigenvalue weighted by Crippen LogP contribution is 2.22. The summed E-state index contributed by atoms with van der Waals surface area (Å²) in [5.74, 6) is -1.34. The highest BCUT2D eigenvalue weighted by atomic mass is 32.2. The third-order valence-corrected chi connectivity index (χ3v) is 6.47. The van der Waals surface area contributed by atoms with E-state index in [0.29, 0.717) is 0 Å². The molecule has 0 unspecified atom stereocenters. The molecule has 11 heteroatoms. The largest absolute Gasteiger partial charge is 0.306 e. The van der Waals surface area contributed by atoms with E-state index >= 15 is 0 Å². The lowest BCUT2D eigenvalue weighted by atomic mass is 10.2. The third-order valence-electron chi connectivity index (χ3n) is 3.70. The lowest BCUT2D eigenvalue weighted by molar-refractivity contribution is -0.122. The number of hydrogen-bond donors (Lipinski definition) is 3. The molecule has 2 aromatic heterocycles. The predicted octanol–water partition coefficient (Wildman–Crippen LogP) is 1.17. The topological polar surface area (TPSA) is 126 Å². The zero-order chi connectivity index (χ0) is 20.9. The molecule has 0 saturated heterocycles. The lowest BCUT2D eigenvalue weighted by Gasteiger charge is -2.13. The quantitative estimate of drug-likeness (QED) is 0.504. The van der Waals surface area contributed by atoms with Gasteiger partial charge in [-0.1, -0.05) is 24.3 Å². The highest BCUT2D eigenvalue weighted by Gasteiger charge is 2.19. The van der Waals surface area contributed by atoms with Crippen molar-refractivity contribution in [2.75, 3.05) is 4.72 Å². The van der Waals surface area contributed by atoms with Gasteiger partial charge in [0, 0.05) is 12.3 Å². The molecular formula is C18H16N4O5S2. The molecule has 3 N–H and O–H groups in total. The molecule has 9 nitrogen and oxygen atoms in total. The second kappa shape index (κ2) is 8.71. The molecule has 150 valence electrons. The lowest BCUT2D eigenvalue weighted by Crippen LogP contribution is -2.44. The summed E-state index contributed by atoms with van der Waals surface area (Å²) in [5.41, 5.74) is 4.14. The summed E-state index contributed by atoms with van der Waals surface area (Å²) in [5, 5.41) is 1.63. The monoisotopic (exact) mass is 432 g/mol. The zero-order valence-electron chi connectivity index (χ0n) is 14.9. The summed E-state index contributed by atoms with van der Waals surface area (Å²) in [6.07, 6.45) is 1.44. The molecule has 0 atom stereocenters. The van der Waals surface area contributed by atoms with E-state index in [1.807, 2.05) is 0 Å². The van der Waals surface area contributed by atoms with Gasteiger partial charge < -0.3 is 4.57 Å². The van der Waals surface area contributed by atoms with Gasteiger partial charge in [0.05, 0.1) is 11.3 Å². The van der Waals surface area contributed by atoms with E-state index in [-0.39, 0.29) is 27.6 Å². The standard InChI is InChI=1S/C18H16N4O5S2/c23-15(12-22-10-4-3-8-16(22)24)19-20-18(25)13-6-1-2-7-14(13)21-29(26,27)17-9-5-11-28-17/h1-11,21H,12H2,(H,19,23)(H,20,25). The van der Waals surface area contributed by atoms with Crippen LogP contribution in [0.1, 0.15) is 10.4 Å². The number of amides is 2. The van der Waals surface area contributed by atoms with Gasteiger partial charge >= 0.3 is 0 Å². The van der Waals surface area contributed by atoms with Crippen LogP contribution in [0.15, 0.2) is 75.2 Å². The van der Waals surface area contributed by atoms with E-state index in [1.165, 1.54) is 35.0 Å². The Kier molecular flexibility index (Phi) is 6.10. The fourth-order valence-corrected chi connectivity index (χ4v) is 4.43. The smallest absolute Gasteiger partial charge is 0.271 e. The molecule has 2 heterocycles.